The fourth-order valence-electron chi connectivity index (χ4n) is 2.31. The van der Waals surface area contributed by atoms with Gasteiger partial charge in [0.25, 0.3) is 0 Å². The average Bonchev–Trinajstić information content (AvgIpc) is 2.57. The van der Waals surface area contributed by atoms with E-state index in [1.807, 2.05) is 31.2 Å². The summed E-state index contributed by atoms with van der Waals surface area (Å²) in [5, 5.41) is 2.45. The lowest BCUT2D eigenvalue weighted by Gasteiger charge is -2.12. The van der Waals surface area contributed by atoms with E-state index >= 15 is 0 Å². The van der Waals surface area contributed by atoms with Gasteiger partial charge in [-0.25, -0.2) is 4.39 Å². The Morgan fingerprint density at radius 2 is 1.78 bits per heavy atom. The van der Waals surface area contributed by atoms with Gasteiger partial charge in [0.05, 0.1) is 17.9 Å². The van der Waals surface area contributed by atoms with E-state index < -0.39 is 23.7 Å². The highest BCUT2D eigenvalue weighted by Gasteiger charge is 2.27. The molecule has 0 aliphatic carbocycles. The Kier molecular flexibility index (Phi) is 7.61. The SMILES string of the molecule is CCSc1ccc(CC(=O)Nc2cc(SCC(F)(F)F)c(C)cc2F)cc1. The molecule has 0 aliphatic heterocycles. The molecule has 2 aromatic rings. The molecule has 2 nitrogen and oxygen atoms in total. The van der Waals surface area contributed by atoms with Gasteiger partial charge in [0.2, 0.25) is 5.91 Å². The number of hydrogen-bond acceptors (Lipinski definition) is 3. The Morgan fingerprint density at radius 1 is 1.11 bits per heavy atom. The third-order valence-electron chi connectivity index (χ3n) is 3.53. The molecule has 27 heavy (non-hydrogen) atoms. The molecule has 1 amide bonds. The summed E-state index contributed by atoms with van der Waals surface area (Å²) in [6.07, 6.45) is -4.27. The van der Waals surface area contributed by atoms with Gasteiger partial charge in [-0.05, 0) is 48.1 Å². The zero-order valence-electron chi connectivity index (χ0n) is 14.8. The van der Waals surface area contributed by atoms with Crippen LogP contribution in [-0.2, 0) is 11.2 Å². The minimum atomic E-state index is -4.32. The van der Waals surface area contributed by atoms with Crippen LogP contribution >= 0.6 is 23.5 Å². The molecule has 0 bridgehead atoms. The Morgan fingerprint density at radius 3 is 2.37 bits per heavy atom. The largest absolute Gasteiger partial charge is 0.398 e. The maximum Gasteiger partial charge on any atom is 0.398 e. The number of halogens is 4. The van der Waals surface area contributed by atoms with Gasteiger partial charge >= 0.3 is 6.18 Å². The molecular formula is C19H19F4NOS2. The maximum absolute atomic E-state index is 14.1. The minimum Gasteiger partial charge on any atom is -0.323 e. The molecular weight excluding hydrogens is 398 g/mol. The lowest BCUT2D eigenvalue weighted by Crippen LogP contribution is -2.16. The van der Waals surface area contributed by atoms with Crippen LogP contribution in [0.5, 0.6) is 0 Å². The number of alkyl halides is 3. The molecule has 0 aromatic heterocycles. The lowest BCUT2D eigenvalue weighted by molar-refractivity contribution is -0.115. The van der Waals surface area contributed by atoms with E-state index in [-0.39, 0.29) is 17.0 Å². The van der Waals surface area contributed by atoms with Crippen molar-refractivity contribution in [1.82, 2.24) is 0 Å². The van der Waals surface area contributed by atoms with Crippen LogP contribution in [-0.4, -0.2) is 23.6 Å². The van der Waals surface area contributed by atoms with Crippen molar-refractivity contribution in [1.29, 1.82) is 0 Å². The van der Waals surface area contributed by atoms with Gasteiger partial charge < -0.3 is 5.32 Å². The van der Waals surface area contributed by atoms with Crippen LogP contribution in [0.1, 0.15) is 18.1 Å². The summed E-state index contributed by atoms with van der Waals surface area (Å²) in [6, 6.07) is 9.86. The lowest BCUT2D eigenvalue weighted by atomic mass is 10.1. The molecule has 0 heterocycles. The van der Waals surface area contributed by atoms with Gasteiger partial charge in [0.1, 0.15) is 5.82 Å². The second-order valence-electron chi connectivity index (χ2n) is 5.80. The van der Waals surface area contributed by atoms with E-state index in [0.29, 0.717) is 17.3 Å². The highest BCUT2D eigenvalue weighted by atomic mass is 32.2. The number of carbonyl (C=O) groups is 1. The van der Waals surface area contributed by atoms with Crippen molar-refractivity contribution in [3.8, 4) is 0 Å². The normalized spacial score (nSPS) is 11.5. The van der Waals surface area contributed by atoms with Crippen molar-refractivity contribution < 1.29 is 22.4 Å². The van der Waals surface area contributed by atoms with Gasteiger partial charge in [-0.2, -0.15) is 13.2 Å². The topological polar surface area (TPSA) is 29.1 Å². The Balaban J connectivity index is 2.05. The summed E-state index contributed by atoms with van der Waals surface area (Å²) < 4.78 is 51.3. The molecule has 8 heteroatoms. The molecule has 0 radical (unpaired) electrons. The molecule has 146 valence electrons. The number of anilines is 1. The van der Waals surface area contributed by atoms with Crippen molar-refractivity contribution in [2.24, 2.45) is 0 Å². The number of nitrogens with one attached hydrogen (secondary N) is 1. The molecule has 0 saturated carbocycles. The molecule has 0 fully saturated rings. The maximum atomic E-state index is 14.1. The number of carbonyl (C=O) groups excluding carboxylic acids is 1. The predicted molar refractivity (Wildman–Crippen MR) is 103 cm³/mol. The van der Waals surface area contributed by atoms with Gasteiger partial charge in [0, 0.05) is 9.79 Å². The van der Waals surface area contributed by atoms with E-state index in [4.69, 9.17) is 0 Å². The van der Waals surface area contributed by atoms with Crippen LogP contribution in [0.2, 0.25) is 0 Å². The minimum absolute atomic E-state index is 0.0510. The predicted octanol–water partition coefficient (Wildman–Crippen LogP) is 6.08. The standard InChI is InChI=1S/C19H19F4NOS2/c1-3-26-14-6-4-13(5-7-14)9-18(25)24-16-10-17(12(2)8-15(16)20)27-11-19(21,22)23/h4-8,10H,3,9,11H2,1-2H3,(H,24,25). The zero-order valence-corrected chi connectivity index (χ0v) is 16.5. The zero-order chi connectivity index (χ0) is 20.0. The summed E-state index contributed by atoms with van der Waals surface area (Å²) in [5.74, 6) is -1.23. The Hall–Kier alpha value is -1.67. The van der Waals surface area contributed by atoms with Gasteiger partial charge in [0.15, 0.2) is 0 Å². The first-order valence-electron chi connectivity index (χ1n) is 8.19. The smallest absolute Gasteiger partial charge is 0.323 e. The van der Waals surface area contributed by atoms with E-state index in [9.17, 15) is 22.4 Å². The third kappa shape index (κ3) is 7.10. The van der Waals surface area contributed by atoms with Crippen molar-refractivity contribution in [2.45, 2.75) is 36.2 Å². The number of aryl methyl sites for hydroxylation is 1. The summed E-state index contributed by atoms with van der Waals surface area (Å²) in [6.45, 7) is 3.58. The van der Waals surface area contributed by atoms with E-state index in [1.165, 1.54) is 13.0 Å². The van der Waals surface area contributed by atoms with Crippen molar-refractivity contribution in [2.75, 3.05) is 16.8 Å². The van der Waals surface area contributed by atoms with Crippen LogP contribution in [0.4, 0.5) is 23.2 Å². The first kappa shape index (κ1) is 21.6. The second-order valence-corrected chi connectivity index (χ2v) is 8.16. The van der Waals surface area contributed by atoms with Crippen LogP contribution in [0.15, 0.2) is 46.2 Å². The van der Waals surface area contributed by atoms with E-state index in [2.05, 4.69) is 5.32 Å². The Labute approximate surface area is 164 Å². The number of benzene rings is 2. The van der Waals surface area contributed by atoms with Gasteiger partial charge in [-0.3, -0.25) is 4.79 Å². The molecule has 0 unspecified atom stereocenters. The number of hydrogen-bond donors (Lipinski definition) is 1. The van der Waals surface area contributed by atoms with Gasteiger partial charge in [-0.15, -0.1) is 23.5 Å². The van der Waals surface area contributed by atoms with Crippen molar-refractivity contribution in [3.05, 3.63) is 53.3 Å². The second kappa shape index (κ2) is 9.50. The summed E-state index contributed by atoms with van der Waals surface area (Å²) in [4.78, 5) is 13.6. The first-order chi connectivity index (χ1) is 12.7. The quantitative estimate of drug-likeness (QED) is 0.437. The van der Waals surface area contributed by atoms with Crippen LogP contribution < -0.4 is 5.32 Å². The van der Waals surface area contributed by atoms with E-state index in [0.717, 1.165) is 22.3 Å². The fraction of sp³-hybridized carbons (Fsp3) is 0.316. The summed E-state index contributed by atoms with van der Waals surface area (Å²) in [5.41, 5.74) is 1.05. The molecule has 1 N–H and O–H groups in total. The number of thioether (sulfide) groups is 2. The van der Waals surface area contributed by atoms with Crippen LogP contribution in [0.3, 0.4) is 0 Å². The third-order valence-corrected chi connectivity index (χ3v) is 5.65. The summed E-state index contributed by atoms with van der Waals surface area (Å²) >= 11 is 2.25. The van der Waals surface area contributed by atoms with Crippen LogP contribution in [0, 0.1) is 12.7 Å². The highest BCUT2D eigenvalue weighted by Crippen LogP contribution is 2.32. The monoisotopic (exact) mass is 417 g/mol. The molecule has 2 aromatic carbocycles. The Bertz CT molecular complexity index is 792. The van der Waals surface area contributed by atoms with Crippen molar-refractivity contribution >= 4 is 35.1 Å². The first-order valence-corrected chi connectivity index (χ1v) is 10.2. The molecule has 0 spiro atoms. The summed E-state index contributed by atoms with van der Waals surface area (Å²) in [7, 11) is 0. The van der Waals surface area contributed by atoms with Crippen molar-refractivity contribution in [3.63, 3.8) is 0 Å². The average molecular weight is 417 g/mol. The molecule has 0 aliphatic rings. The number of rotatable bonds is 7. The van der Waals surface area contributed by atoms with Crippen LogP contribution in [0.25, 0.3) is 0 Å². The molecule has 2 rings (SSSR count). The molecule has 0 atom stereocenters. The fourth-order valence-corrected chi connectivity index (χ4v) is 3.78. The number of amides is 1. The molecule has 0 saturated heterocycles. The van der Waals surface area contributed by atoms with E-state index in [1.54, 1.807) is 11.8 Å². The highest BCUT2D eigenvalue weighted by molar-refractivity contribution is 7.99. The van der Waals surface area contributed by atoms with Gasteiger partial charge in [-0.1, -0.05) is 19.1 Å².